The van der Waals surface area contributed by atoms with Crippen LogP contribution in [0.25, 0.3) is 0 Å². The quantitative estimate of drug-likeness (QED) is 0.813. The molecule has 3 rings (SSSR count). The van der Waals surface area contributed by atoms with E-state index in [0.717, 1.165) is 12.8 Å². The van der Waals surface area contributed by atoms with Gasteiger partial charge in [-0.2, -0.15) is 0 Å². The second-order valence-electron chi connectivity index (χ2n) is 6.13. The third-order valence-corrected chi connectivity index (χ3v) is 5.20. The Morgan fingerprint density at radius 2 is 1.92 bits per heavy atom. The van der Waals surface area contributed by atoms with Gasteiger partial charge >= 0.3 is 12.0 Å². The molecule has 1 saturated carbocycles. The van der Waals surface area contributed by atoms with E-state index in [1.54, 1.807) is 16.3 Å². The SMILES string of the molecule is COC(=O)c1ccsc1NC(=O)C1CCN(C(=O)NC2CC2)CC1. The molecule has 0 unspecified atom stereocenters. The molecule has 1 saturated heterocycles. The normalized spacial score (nSPS) is 18.1. The first kappa shape index (κ1) is 16.8. The molecule has 7 nitrogen and oxygen atoms in total. The number of nitrogens with zero attached hydrogens (tertiary/aromatic N) is 1. The van der Waals surface area contributed by atoms with Gasteiger partial charge in [-0.15, -0.1) is 11.3 Å². The van der Waals surface area contributed by atoms with Crippen molar-refractivity contribution in [3.05, 3.63) is 17.0 Å². The number of carbonyl (C=O) groups excluding carboxylic acids is 3. The maximum Gasteiger partial charge on any atom is 0.340 e. The van der Waals surface area contributed by atoms with E-state index in [0.29, 0.717) is 42.5 Å². The van der Waals surface area contributed by atoms with Gasteiger partial charge in [-0.05, 0) is 37.1 Å². The minimum atomic E-state index is -0.460. The number of hydrogen-bond donors (Lipinski definition) is 2. The van der Waals surface area contributed by atoms with Crippen molar-refractivity contribution in [1.82, 2.24) is 10.2 Å². The standard InChI is InChI=1S/C16H21N3O4S/c1-23-15(21)12-6-9-24-14(12)18-13(20)10-4-7-19(8-5-10)16(22)17-11-2-3-11/h6,9-11H,2-5,7-8H2,1H3,(H,17,22)(H,18,20). The first-order valence-corrected chi connectivity index (χ1v) is 8.98. The third kappa shape index (κ3) is 3.87. The zero-order valence-electron chi connectivity index (χ0n) is 13.5. The second-order valence-corrected chi connectivity index (χ2v) is 7.05. The summed E-state index contributed by atoms with van der Waals surface area (Å²) in [4.78, 5) is 37.8. The molecule has 1 aliphatic heterocycles. The minimum absolute atomic E-state index is 0.0254. The summed E-state index contributed by atoms with van der Waals surface area (Å²) in [5, 5.41) is 8.05. The number of urea groups is 1. The molecule has 0 spiro atoms. The number of carbonyl (C=O) groups is 3. The van der Waals surface area contributed by atoms with E-state index in [2.05, 4.69) is 10.6 Å². The highest BCUT2D eigenvalue weighted by Gasteiger charge is 2.31. The Hall–Kier alpha value is -2.09. The van der Waals surface area contributed by atoms with Crippen molar-refractivity contribution in [3.63, 3.8) is 0 Å². The molecule has 2 aliphatic rings. The number of piperidine rings is 1. The van der Waals surface area contributed by atoms with Gasteiger partial charge in [0.15, 0.2) is 0 Å². The maximum atomic E-state index is 12.4. The molecular weight excluding hydrogens is 330 g/mol. The van der Waals surface area contributed by atoms with Crippen LogP contribution >= 0.6 is 11.3 Å². The van der Waals surface area contributed by atoms with Crippen molar-refractivity contribution in [2.45, 2.75) is 31.7 Å². The molecule has 130 valence electrons. The predicted molar refractivity (Wildman–Crippen MR) is 90.1 cm³/mol. The van der Waals surface area contributed by atoms with E-state index in [9.17, 15) is 14.4 Å². The Kier molecular flexibility index (Phi) is 5.03. The number of ether oxygens (including phenoxy) is 1. The molecule has 1 aromatic heterocycles. The second kappa shape index (κ2) is 7.21. The number of anilines is 1. The Morgan fingerprint density at radius 3 is 2.54 bits per heavy atom. The zero-order chi connectivity index (χ0) is 17.1. The summed E-state index contributed by atoms with van der Waals surface area (Å²) in [5.41, 5.74) is 0.372. The van der Waals surface area contributed by atoms with E-state index < -0.39 is 5.97 Å². The third-order valence-electron chi connectivity index (χ3n) is 4.37. The average Bonchev–Trinajstić information content (AvgIpc) is 3.29. The molecule has 2 N–H and O–H groups in total. The molecule has 0 atom stereocenters. The van der Waals surface area contributed by atoms with Crippen LogP contribution in [0.2, 0.25) is 0 Å². The number of thiophene rings is 1. The molecule has 8 heteroatoms. The van der Waals surface area contributed by atoms with Crippen LogP contribution in [0.3, 0.4) is 0 Å². The molecule has 2 fully saturated rings. The Bertz CT molecular complexity index is 633. The first-order chi connectivity index (χ1) is 11.6. The van der Waals surface area contributed by atoms with Crippen LogP contribution in [0.1, 0.15) is 36.0 Å². The van der Waals surface area contributed by atoms with Crippen LogP contribution in [0, 0.1) is 5.92 Å². The fourth-order valence-electron chi connectivity index (χ4n) is 2.73. The summed E-state index contributed by atoms with van der Waals surface area (Å²) < 4.78 is 4.70. The van der Waals surface area contributed by atoms with Crippen LogP contribution in [0.5, 0.6) is 0 Å². The van der Waals surface area contributed by atoms with E-state index in [1.807, 2.05) is 0 Å². The first-order valence-electron chi connectivity index (χ1n) is 8.10. The fourth-order valence-corrected chi connectivity index (χ4v) is 3.51. The summed E-state index contributed by atoms with van der Waals surface area (Å²) in [6.45, 7) is 1.15. The largest absolute Gasteiger partial charge is 0.465 e. The molecule has 0 radical (unpaired) electrons. The number of methoxy groups -OCH3 is 1. The van der Waals surface area contributed by atoms with Crippen molar-refractivity contribution in [1.29, 1.82) is 0 Å². The van der Waals surface area contributed by atoms with Crippen LogP contribution in [-0.2, 0) is 9.53 Å². The van der Waals surface area contributed by atoms with Gasteiger partial charge in [0, 0.05) is 25.0 Å². The van der Waals surface area contributed by atoms with Gasteiger partial charge in [0.2, 0.25) is 5.91 Å². The number of nitrogens with one attached hydrogen (secondary N) is 2. The summed E-state index contributed by atoms with van der Waals surface area (Å²) in [6, 6.07) is 1.95. The summed E-state index contributed by atoms with van der Waals surface area (Å²) in [6.07, 6.45) is 3.38. The molecule has 1 aromatic rings. The number of amides is 3. The van der Waals surface area contributed by atoms with Crippen molar-refractivity contribution < 1.29 is 19.1 Å². The van der Waals surface area contributed by atoms with E-state index in [4.69, 9.17) is 4.74 Å². The summed E-state index contributed by atoms with van der Waals surface area (Å²) >= 11 is 1.30. The predicted octanol–water partition coefficient (Wildman–Crippen LogP) is 2.06. The number of hydrogen-bond acceptors (Lipinski definition) is 5. The molecular formula is C16H21N3O4S. The number of rotatable bonds is 4. The summed E-state index contributed by atoms with van der Waals surface area (Å²) in [5.74, 6) is -0.717. The van der Waals surface area contributed by atoms with Gasteiger partial charge in [0.25, 0.3) is 0 Å². The fraction of sp³-hybridized carbons (Fsp3) is 0.562. The summed E-state index contributed by atoms with van der Waals surface area (Å²) in [7, 11) is 1.31. The van der Waals surface area contributed by atoms with Crippen LogP contribution in [0.4, 0.5) is 9.80 Å². The lowest BCUT2D eigenvalue weighted by Crippen LogP contribution is -2.46. The van der Waals surface area contributed by atoms with Gasteiger partial charge in [-0.3, -0.25) is 4.79 Å². The number of likely N-dealkylation sites (tertiary alicyclic amines) is 1. The van der Waals surface area contributed by atoms with Gasteiger partial charge < -0.3 is 20.3 Å². The van der Waals surface area contributed by atoms with Crippen molar-refractivity contribution in [2.75, 3.05) is 25.5 Å². The lowest BCUT2D eigenvalue weighted by Gasteiger charge is -2.31. The van der Waals surface area contributed by atoms with Crippen LogP contribution in [-0.4, -0.2) is 49.0 Å². The zero-order valence-corrected chi connectivity index (χ0v) is 14.4. The highest BCUT2D eigenvalue weighted by Crippen LogP contribution is 2.27. The maximum absolute atomic E-state index is 12.4. The van der Waals surface area contributed by atoms with E-state index >= 15 is 0 Å². The Morgan fingerprint density at radius 1 is 1.21 bits per heavy atom. The van der Waals surface area contributed by atoms with Crippen LogP contribution < -0.4 is 10.6 Å². The number of esters is 1. The molecule has 0 bridgehead atoms. The lowest BCUT2D eigenvalue weighted by molar-refractivity contribution is -0.121. The Labute approximate surface area is 144 Å². The van der Waals surface area contributed by atoms with E-state index in [1.165, 1.54) is 18.4 Å². The monoisotopic (exact) mass is 351 g/mol. The van der Waals surface area contributed by atoms with Crippen molar-refractivity contribution in [3.8, 4) is 0 Å². The Balaban J connectivity index is 1.51. The molecule has 24 heavy (non-hydrogen) atoms. The molecule has 2 heterocycles. The highest BCUT2D eigenvalue weighted by atomic mass is 32.1. The van der Waals surface area contributed by atoms with Gasteiger partial charge in [-0.1, -0.05) is 0 Å². The molecule has 3 amide bonds. The van der Waals surface area contributed by atoms with Gasteiger partial charge in [-0.25, -0.2) is 9.59 Å². The van der Waals surface area contributed by atoms with Crippen molar-refractivity contribution >= 4 is 34.2 Å². The van der Waals surface area contributed by atoms with Gasteiger partial charge in [0.05, 0.1) is 12.7 Å². The molecule has 1 aliphatic carbocycles. The average molecular weight is 351 g/mol. The van der Waals surface area contributed by atoms with E-state index in [-0.39, 0.29) is 17.9 Å². The van der Waals surface area contributed by atoms with Crippen LogP contribution in [0.15, 0.2) is 11.4 Å². The van der Waals surface area contributed by atoms with Crippen molar-refractivity contribution in [2.24, 2.45) is 5.92 Å². The molecule has 0 aromatic carbocycles. The highest BCUT2D eigenvalue weighted by molar-refractivity contribution is 7.14. The van der Waals surface area contributed by atoms with Gasteiger partial charge in [0.1, 0.15) is 5.00 Å². The lowest BCUT2D eigenvalue weighted by atomic mass is 9.96. The minimum Gasteiger partial charge on any atom is -0.465 e. The smallest absolute Gasteiger partial charge is 0.340 e. The topological polar surface area (TPSA) is 87.7 Å².